The van der Waals surface area contributed by atoms with Crippen molar-refractivity contribution in [2.75, 3.05) is 26.2 Å². The van der Waals surface area contributed by atoms with Crippen molar-refractivity contribution >= 4 is 34.4 Å². The Morgan fingerprint density at radius 3 is 1.54 bits per heavy atom. The number of hydrogen-bond donors (Lipinski definition) is 0. The quantitative estimate of drug-likeness (QED) is 0.647. The van der Waals surface area contributed by atoms with Crippen LogP contribution in [0.1, 0.15) is 46.0 Å². The van der Waals surface area contributed by atoms with Crippen LogP contribution in [0.2, 0.25) is 0 Å². The summed E-state index contributed by atoms with van der Waals surface area (Å²) < 4.78 is 1.11. The maximum Gasteiger partial charge on any atom is 0.253 e. The average molecular weight is 462 g/mol. The Balaban J connectivity index is 1.60. The average Bonchev–Trinajstić information content (AvgIpc) is 2.67. The van der Waals surface area contributed by atoms with Crippen LogP contribution in [0, 0.1) is 3.57 Å². The number of amides is 2. The second kappa shape index (κ2) is 8.20. The molecule has 0 radical (unpaired) electrons. The van der Waals surface area contributed by atoms with Crippen molar-refractivity contribution in [2.24, 2.45) is 0 Å². The zero-order chi connectivity index (χ0) is 18.7. The van der Waals surface area contributed by atoms with E-state index in [1.165, 1.54) is 5.56 Å². The maximum atomic E-state index is 12.7. The van der Waals surface area contributed by atoms with Crippen LogP contribution in [0.3, 0.4) is 0 Å². The van der Waals surface area contributed by atoms with E-state index in [0.29, 0.717) is 43.2 Å². The lowest BCUT2D eigenvalue weighted by Gasteiger charge is -2.35. The second-order valence-corrected chi connectivity index (χ2v) is 8.11. The summed E-state index contributed by atoms with van der Waals surface area (Å²) in [6, 6.07) is 15.4. The Morgan fingerprint density at radius 2 is 1.15 bits per heavy atom. The molecule has 1 aliphatic rings. The summed E-state index contributed by atoms with van der Waals surface area (Å²) in [6.45, 7) is 6.56. The normalized spacial score (nSPS) is 14.6. The summed E-state index contributed by atoms with van der Waals surface area (Å²) in [5.41, 5.74) is 2.65. The lowest BCUT2D eigenvalue weighted by molar-refractivity contribution is 0.0535. The molecular weight excluding hydrogens is 439 g/mol. The summed E-state index contributed by atoms with van der Waals surface area (Å²) in [7, 11) is 0. The molecule has 0 N–H and O–H groups in total. The molecule has 1 saturated heterocycles. The molecule has 0 bridgehead atoms. The second-order valence-electron chi connectivity index (χ2n) is 6.87. The van der Waals surface area contributed by atoms with Gasteiger partial charge in [-0.15, -0.1) is 0 Å². The van der Waals surface area contributed by atoms with Crippen molar-refractivity contribution < 1.29 is 9.59 Å². The van der Waals surface area contributed by atoms with Gasteiger partial charge < -0.3 is 9.80 Å². The van der Waals surface area contributed by atoms with Crippen LogP contribution in [0.15, 0.2) is 48.5 Å². The third-order valence-corrected chi connectivity index (χ3v) is 5.49. The first-order chi connectivity index (χ1) is 12.5. The van der Waals surface area contributed by atoms with Gasteiger partial charge in [0.2, 0.25) is 0 Å². The van der Waals surface area contributed by atoms with E-state index < -0.39 is 0 Å². The first kappa shape index (κ1) is 18.9. The van der Waals surface area contributed by atoms with Crippen molar-refractivity contribution in [1.29, 1.82) is 0 Å². The summed E-state index contributed by atoms with van der Waals surface area (Å²) in [5.74, 6) is 0.534. The first-order valence-corrected chi connectivity index (χ1v) is 9.97. The number of carbonyl (C=O) groups excluding carboxylic acids is 2. The Kier molecular flexibility index (Phi) is 5.96. The number of nitrogens with zero attached hydrogens (tertiary/aromatic N) is 2. The topological polar surface area (TPSA) is 40.6 Å². The molecule has 5 heteroatoms. The molecule has 0 aromatic heterocycles. The van der Waals surface area contributed by atoms with Crippen LogP contribution >= 0.6 is 22.6 Å². The van der Waals surface area contributed by atoms with Gasteiger partial charge in [0, 0.05) is 40.9 Å². The van der Waals surface area contributed by atoms with Gasteiger partial charge >= 0.3 is 0 Å². The van der Waals surface area contributed by atoms with Crippen LogP contribution in [0.5, 0.6) is 0 Å². The Morgan fingerprint density at radius 1 is 0.769 bits per heavy atom. The molecule has 0 atom stereocenters. The van der Waals surface area contributed by atoms with Crippen molar-refractivity contribution in [3.8, 4) is 0 Å². The fourth-order valence-electron chi connectivity index (χ4n) is 3.08. The highest BCUT2D eigenvalue weighted by molar-refractivity contribution is 14.1. The van der Waals surface area contributed by atoms with E-state index in [1.54, 1.807) is 0 Å². The molecule has 1 aliphatic heterocycles. The molecule has 1 heterocycles. The number of benzene rings is 2. The van der Waals surface area contributed by atoms with Crippen molar-refractivity contribution in [3.63, 3.8) is 0 Å². The minimum Gasteiger partial charge on any atom is -0.335 e. The van der Waals surface area contributed by atoms with Gasteiger partial charge in [0.05, 0.1) is 0 Å². The van der Waals surface area contributed by atoms with Crippen molar-refractivity contribution in [1.82, 2.24) is 9.80 Å². The first-order valence-electron chi connectivity index (χ1n) is 8.90. The standard InChI is InChI=1S/C21H23IN2O2/c1-15(2)16-3-5-17(6-4-16)20(25)23-11-13-24(14-12-23)21(26)18-7-9-19(22)10-8-18/h3-10,15H,11-14H2,1-2H3. The lowest BCUT2D eigenvalue weighted by Crippen LogP contribution is -2.50. The molecule has 3 rings (SSSR count). The number of piperazine rings is 1. The number of hydrogen-bond acceptors (Lipinski definition) is 2. The van der Waals surface area contributed by atoms with Gasteiger partial charge in [-0.05, 0) is 70.5 Å². The highest BCUT2D eigenvalue weighted by atomic mass is 127. The number of rotatable bonds is 3. The zero-order valence-electron chi connectivity index (χ0n) is 15.1. The largest absolute Gasteiger partial charge is 0.335 e. The van der Waals surface area contributed by atoms with Gasteiger partial charge in [0.15, 0.2) is 0 Å². The highest BCUT2D eigenvalue weighted by Gasteiger charge is 2.25. The summed E-state index contributed by atoms with van der Waals surface area (Å²) in [6.07, 6.45) is 0. The van der Waals surface area contributed by atoms with Crippen LogP contribution < -0.4 is 0 Å². The molecule has 2 aromatic carbocycles. The minimum atomic E-state index is 0.0368. The van der Waals surface area contributed by atoms with Gasteiger partial charge in [0.25, 0.3) is 11.8 Å². The van der Waals surface area contributed by atoms with Crippen LogP contribution in [0.25, 0.3) is 0 Å². The Bertz CT molecular complexity index is 777. The monoisotopic (exact) mass is 462 g/mol. The molecule has 0 saturated carbocycles. The molecule has 26 heavy (non-hydrogen) atoms. The van der Waals surface area contributed by atoms with Gasteiger partial charge in [0.1, 0.15) is 0 Å². The van der Waals surface area contributed by atoms with E-state index in [-0.39, 0.29) is 11.8 Å². The van der Waals surface area contributed by atoms with Crippen LogP contribution in [-0.4, -0.2) is 47.8 Å². The maximum absolute atomic E-state index is 12.7. The van der Waals surface area contributed by atoms with Crippen LogP contribution in [0.4, 0.5) is 0 Å². The van der Waals surface area contributed by atoms with Crippen molar-refractivity contribution in [2.45, 2.75) is 19.8 Å². The molecule has 136 valence electrons. The molecule has 0 spiro atoms. The van der Waals surface area contributed by atoms with Crippen LogP contribution in [-0.2, 0) is 0 Å². The predicted molar refractivity (Wildman–Crippen MR) is 111 cm³/mol. The summed E-state index contributed by atoms with van der Waals surface area (Å²) >= 11 is 2.23. The molecular formula is C21H23IN2O2. The minimum absolute atomic E-state index is 0.0368. The molecule has 0 unspecified atom stereocenters. The fraction of sp³-hybridized carbons (Fsp3) is 0.333. The van der Waals surface area contributed by atoms with E-state index in [4.69, 9.17) is 0 Å². The highest BCUT2D eigenvalue weighted by Crippen LogP contribution is 2.17. The predicted octanol–water partition coefficient (Wildman–Crippen LogP) is 4.01. The molecule has 2 amide bonds. The van der Waals surface area contributed by atoms with Gasteiger partial charge in [-0.1, -0.05) is 26.0 Å². The van der Waals surface area contributed by atoms with E-state index in [2.05, 4.69) is 36.4 Å². The van der Waals surface area contributed by atoms with E-state index in [0.717, 1.165) is 3.57 Å². The lowest BCUT2D eigenvalue weighted by atomic mass is 10.0. The van der Waals surface area contributed by atoms with Gasteiger partial charge in [-0.3, -0.25) is 9.59 Å². The van der Waals surface area contributed by atoms with Gasteiger partial charge in [-0.2, -0.15) is 0 Å². The Labute approximate surface area is 168 Å². The SMILES string of the molecule is CC(C)c1ccc(C(=O)N2CCN(C(=O)c3ccc(I)cc3)CC2)cc1. The summed E-state index contributed by atoms with van der Waals surface area (Å²) in [4.78, 5) is 28.9. The number of carbonyl (C=O) groups is 2. The zero-order valence-corrected chi connectivity index (χ0v) is 17.3. The molecule has 1 fully saturated rings. The van der Waals surface area contributed by atoms with E-state index in [1.807, 2.05) is 58.3 Å². The summed E-state index contributed by atoms with van der Waals surface area (Å²) in [5, 5.41) is 0. The molecule has 2 aromatic rings. The third-order valence-electron chi connectivity index (χ3n) is 4.77. The van der Waals surface area contributed by atoms with Crippen molar-refractivity contribution in [3.05, 3.63) is 68.8 Å². The number of halogens is 1. The molecule has 0 aliphatic carbocycles. The third kappa shape index (κ3) is 4.26. The fourth-order valence-corrected chi connectivity index (χ4v) is 3.44. The van der Waals surface area contributed by atoms with E-state index >= 15 is 0 Å². The molecule has 4 nitrogen and oxygen atoms in total. The Hall–Kier alpha value is -1.89. The van der Waals surface area contributed by atoms with Gasteiger partial charge in [-0.25, -0.2) is 0 Å². The smallest absolute Gasteiger partial charge is 0.253 e. The van der Waals surface area contributed by atoms with E-state index in [9.17, 15) is 9.59 Å².